The van der Waals surface area contributed by atoms with Gasteiger partial charge in [-0.1, -0.05) is 36.4 Å². The van der Waals surface area contributed by atoms with Gasteiger partial charge in [-0.25, -0.2) is 10.1 Å². The lowest BCUT2D eigenvalue weighted by Gasteiger charge is -2.05. The van der Waals surface area contributed by atoms with Gasteiger partial charge in [0.15, 0.2) is 0 Å². The number of nitrogens with one attached hydrogen (secondary N) is 2. The molecule has 1 amide bonds. The van der Waals surface area contributed by atoms with Crippen LogP contribution in [0.5, 0.6) is 0 Å². The Bertz CT molecular complexity index is 1180. The van der Waals surface area contributed by atoms with E-state index in [1.54, 1.807) is 11.3 Å². The standard InChI is InChI=1S/C21H16N4O2S/c1-13-4-2-3-5-16(13)21-23-18(12-28-21)14-6-8-15(9-7-14)22-20(27)17-10-11-19(26)25-24-17/h2-12H,1H3,(H,22,27)(H,25,26). The molecule has 0 bridgehead atoms. The van der Waals surface area contributed by atoms with E-state index >= 15 is 0 Å². The normalized spacial score (nSPS) is 10.6. The molecule has 0 saturated heterocycles. The number of hydrogen-bond donors (Lipinski definition) is 2. The van der Waals surface area contributed by atoms with Gasteiger partial charge < -0.3 is 5.32 Å². The van der Waals surface area contributed by atoms with Crippen LogP contribution in [0.4, 0.5) is 5.69 Å². The Labute approximate surface area is 164 Å². The van der Waals surface area contributed by atoms with Gasteiger partial charge in [-0.15, -0.1) is 11.3 Å². The van der Waals surface area contributed by atoms with Crippen LogP contribution in [0.2, 0.25) is 0 Å². The van der Waals surface area contributed by atoms with E-state index in [-0.39, 0.29) is 17.2 Å². The first-order chi connectivity index (χ1) is 13.6. The first-order valence-electron chi connectivity index (χ1n) is 8.59. The molecule has 6 nitrogen and oxygen atoms in total. The summed E-state index contributed by atoms with van der Waals surface area (Å²) in [6.45, 7) is 2.07. The van der Waals surface area contributed by atoms with Crippen LogP contribution in [-0.2, 0) is 0 Å². The number of nitrogens with zero attached hydrogens (tertiary/aromatic N) is 2. The van der Waals surface area contributed by atoms with Crippen molar-refractivity contribution in [1.29, 1.82) is 0 Å². The molecule has 2 aromatic heterocycles. The molecule has 2 N–H and O–H groups in total. The molecule has 2 heterocycles. The van der Waals surface area contributed by atoms with Crippen molar-refractivity contribution in [2.75, 3.05) is 5.32 Å². The van der Waals surface area contributed by atoms with Crippen molar-refractivity contribution in [3.8, 4) is 21.8 Å². The molecule has 0 aliphatic rings. The Morgan fingerprint density at radius 1 is 1.04 bits per heavy atom. The maximum Gasteiger partial charge on any atom is 0.276 e. The zero-order chi connectivity index (χ0) is 19.5. The highest BCUT2D eigenvalue weighted by atomic mass is 32.1. The Hall–Kier alpha value is -3.58. The predicted molar refractivity (Wildman–Crippen MR) is 111 cm³/mol. The number of H-pyrrole nitrogens is 1. The molecule has 4 rings (SSSR count). The Kier molecular flexibility index (Phi) is 4.82. The van der Waals surface area contributed by atoms with Gasteiger partial charge in [0.2, 0.25) is 0 Å². The van der Waals surface area contributed by atoms with E-state index in [2.05, 4.69) is 34.6 Å². The van der Waals surface area contributed by atoms with Gasteiger partial charge in [0.25, 0.3) is 11.5 Å². The minimum atomic E-state index is -0.389. The zero-order valence-corrected chi connectivity index (χ0v) is 15.8. The molecule has 0 aliphatic heterocycles. The molecule has 138 valence electrons. The van der Waals surface area contributed by atoms with Gasteiger partial charge >= 0.3 is 0 Å². The van der Waals surface area contributed by atoms with Crippen LogP contribution in [0, 0.1) is 6.92 Å². The number of rotatable bonds is 4. The number of anilines is 1. The maximum absolute atomic E-state index is 12.2. The van der Waals surface area contributed by atoms with Gasteiger partial charge in [-0.05, 0) is 30.7 Å². The van der Waals surface area contributed by atoms with Crippen LogP contribution in [0.25, 0.3) is 21.8 Å². The molecule has 0 radical (unpaired) electrons. The van der Waals surface area contributed by atoms with Crippen molar-refractivity contribution >= 4 is 22.9 Å². The molecule has 0 saturated carbocycles. The van der Waals surface area contributed by atoms with Crippen LogP contribution < -0.4 is 10.9 Å². The minimum absolute atomic E-state index is 0.144. The summed E-state index contributed by atoms with van der Waals surface area (Å²) in [6, 6.07) is 18.3. The van der Waals surface area contributed by atoms with Gasteiger partial charge in [-0.3, -0.25) is 9.59 Å². The summed E-state index contributed by atoms with van der Waals surface area (Å²) in [7, 11) is 0. The molecule has 28 heavy (non-hydrogen) atoms. The van der Waals surface area contributed by atoms with E-state index in [1.807, 2.05) is 41.8 Å². The maximum atomic E-state index is 12.2. The number of carbonyl (C=O) groups is 1. The van der Waals surface area contributed by atoms with E-state index in [0.717, 1.165) is 21.8 Å². The van der Waals surface area contributed by atoms with Crippen molar-refractivity contribution in [3.63, 3.8) is 0 Å². The molecule has 2 aromatic carbocycles. The molecule has 0 unspecified atom stereocenters. The second kappa shape index (κ2) is 7.58. The fourth-order valence-corrected chi connectivity index (χ4v) is 3.65. The fourth-order valence-electron chi connectivity index (χ4n) is 2.73. The molecular formula is C21H16N4O2S. The first kappa shape index (κ1) is 17.8. The molecule has 0 atom stereocenters. The van der Waals surface area contributed by atoms with Gasteiger partial charge in [0, 0.05) is 28.3 Å². The van der Waals surface area contributed by atoms with E-state index in [9.17, 15) is 9.59 Å². The average Bonchev–Trinajstić information content (AvgIpc) is 3.19. The summed E-state index contributed by atoms with van der Waals surface area (Å²) < 4.78 is 0. The molecule has 0 aliphatic carbocycles. The molecular weight excluding hydrogens is 372 g/mol. The number of benzene rings is 2. The minimum Gasteiger partial charge on any atom is -0.321 e. The van der Waals surface area contributed by atoms with Crippen molar-refractivity contribution in [2.45, 2.75) is 6.92 Å². The van der Waals surface area contributed by atoms with E-state index in [4.69, 9.17) is 4.98 Å². The quantitative estimate of drug-likeness (QED) is 0.550. The van der Waals surface area contributed by atoms with Crippen LogP contribution in [0.3, 0.4) is 0 Å². The number of aryl methyl sites for hydroxylation is 1. The Morgan fingerprint density at radius 3 is 2.54 bits per heavy atom. The third-order valence-corrected chi connectivity index (χ3v) is 5.11. The van der Waals surface area contributed by atoms with E-state index in [1.165, 1.54) is 17.7 Å². The Balaban J connectivity index is 1.51. The third-order valence-electron chi connectivity index (χ3n) is 4.23. The predicted octanol–water partition coefficient (Wildman–Crippen LogP) is 4.12. The monoisotopic (exact) mass is 388 g/mol. The number of aromatic nitrogens is 3. The molecule has 4 aromatic rings. The van der Waals surface area contributed by atoms with Crippen molar-refractivity contribution in [1.82, 2.24) is 15.2 Å². The number of amides is 1. The number of carbonyl (C=O) groups excluding carboxylic acids is 1. The highest BCUT2D eigenvalue weighted by molar-refractivity contribution is 7.13. The number of hydrogen-bond acceptors (Lipinski definition) is 5. The Morgan fingerprint density at radius 2 is 1.82 bits per heavy atom. The number of aromatic amines is 1. The van der Waals surface area contributed by atoms with E-state index < -0.39 is 0 Å². The van der Waals surface area contributed by atoms with Crippen LogP contribution in [0.1, 0.15) is 16.1 Å². The smallest absolute Gasteiger partial charge is 0.276 e. The van der Waals surface area contributed by atoms with Crippen molar-refractivity contribution < 1.29 is 4.79 Å². The van der Waals surface area contributed by atoms with Gasteiger partial charge in [-0.2, -0.15) is 5.10 Å². The lowest BCUT2D eigenvalue weighted by atomic mass is 10.1. The third kappa shape index (κ3) is 3.74. The number of thiazole rings is 1. The molecule has 0 fully saturated rings. The topological polar surface area (TPSA) is 87.7 Å². The summed E-state index contributed by atoms with van der Waals surface area (Å²) >= 11 is 1.61. The van der Waals surface area contributed by atoms with Crippen LogP contribution >= 0.6 is 11.3 Å². The SMILES string of the molecule is Cc1ccccc1-c1nc(-c2ccc(NC(=O)c3ccc(=O)[nH]n3)cc2)cs1. The van der Waals surface area contributed by atoms with Gasteiger partial charge in [0.05, 0.1) is 5.69 Å². The summed E-state index contributed by atoms with van der Waals surface area (Å²) in [5.74, 6) is -0.389. The van der Waals surface area contributed by atoms with Gasteiger partial charge in [0.1, 0.15) is 10.7 Å². The highest BCUT2D eigenvalue weighted by Gasteiger charge is 2.10. The second-order valence-electron chi connectivity index (χ2n) is 6.19. The zero-order valence-electron chi connectivity index (χ0n) is 15.0. The van der Waals surface area contributed by atoms with E-state index in [0.29, 0.717) is 5.69 Å². The first-order valence-corrected chi connectivity index (χ1v) is 9.47. The van der Waals surface area contributed by atoms with Crippen LogP contribution in [-0.4, -0.2) is 21.1 Å². The average molecular weight is 388 g/mol. The molecule has 7 heteroatoms. The largest absolute Gasteiger partial charge is 0.321 e. The van der Waals surface area contributed by atoms with Crippen molar-refractivity contribution in [2.24, 2.45) is 0 Å². The summed E-state index contributed by atoms with van der Waals surface area (Å²) in [5.41, 5.74) is 4.62. The second-order valence-corrected chi connectivity index (χ2v) is 7.05. The summed E-state index contributed by atoms with van der Waals surface area (Å²) in [4.78, 5) is 27.9. The lowest BCUT2D eigenvalue weighted by molar-refractivity contribution is 0.102. The summed E-state index contributed by atoms with van der Waals surface area (Å²) in [6.07, 6.45) is 0. The van der Waals surface area contributed by atoms with Crippen LogP contribution in [0.15, 0.2) is 70.8 Å². The molecule has 0 spiro atoms. The fraction of sp³-hybridized carbons (Fsp3) is 0.0476. The van der Waals surface area contributed by atoms with Crippen molar-refractivity contribution in [3.05, 3.63) is 87.7 Å². The summed E-state index contributed by atoms with van der Waals surface area (Å²) in [5, 5.41) is 11.7. The lowest BCUT2D eigenvalue weighted by Crippen LogP contribution is -2.17. The highest BCUT2D eigenvalue weighted by Crippen LogP contribution is 2.31.